The Bertz CT molecular complexity index is 877. The molecule has 1 aromatic heterocycles. The van der Waals surface area contributed by atoms with Gasteiger partial charge in [0.2, 0.25) is 5.91 Å². The van der Waals surface area contributed by atoms with Crippen LogP contribution in [0.1, 0.15) is 16.8 Å². The number of amides is 2. The molecule has 0 saturated carbocycles. The van der Waals surface area contributed by atoms with E-state index in [1.165, 1.54) is 24.5 Å². The van der Waals surface area contributed by atoms with E-state index >= 15 is 0 Å². The second kappa shape index (κ2) is 6.70. The van der Waals surface area contributed by atoms with Gasteiger partial charge in [-0.15, -0.1) is 0 Å². The molecule has 1 spiro atoms. The molecular weight excluding hydrogens is 349 g/mol. The predicted molar refractivity (Wildman–Crippen MR) is 96.7 cm³/mol. The Hall–Kier alpha value is -2.87. The number of rotatable bonds is 2. The molecule has 0 aliphatic carbocycles. The number of anilines is 1. The van der Waals surface area contributed by atoms with Gasteiger partial charge in [0.15, 0.2) is 0 Å². The highest BCUT2D eigenvalue weighted by Gasteiger charge is 2.48. The number of hydrogen-bond acceptors (Lipinski definition) is 5. The van der Waals surface area contributed by atoms with Gasteiger partial charge in [-0.25, -0.2) is 4.39 Å². The van der Waals surface area contributed by atoms with Gasteiger partial charge in [-0.05, 0) is 37.7 Å². The molecule has 0 bridgehead atoms. The molecule has 1 atom stereocenters. The van der Waals surface area contributed by atoms with E-state index in [2.05, 4.69) is 10.2 Å². The van der Waals surface area contributed by atoms with Crippen molar-refractivity contribution in [2.75, 3.05) is 38.1 Å². The minimum absolute atomic E-state index is 0.0724. The number of carbonyl (C=O) groups is 2. The minimum Gasteiger partial charge on any atom is -0.337 e. The highest BCUT2D eigenvalue weighted by atomic mass is 19.1. The van der Waals surface area contributed by atoms with Gasteiger partial charge in [-0.1, -0.05) is 6.07 Å². The van der Waals surface area contributed by atoms with Crippen molar-refractivity contribution in [1.82, 2.24) is 20.0 Å². The number of carbonyl (C=O) groups excluding carboxylic acids is 2. The average molecular weight is 369 g/mol. The van der Waals surface area contributed by atoms with Crippen molar-refractivity contribution in [3.8, 4) is 0 Å². The lowest BCUT2D eigenvalue weighted by atomic mass is 9.92. The molecular formula is C19H20FN5O2. The van der Waals surface area contributed by atoms with Crippen LogP contribution in [0, 0.1) is 5.82 Å². The Balaban J connectivity index is 1.57. The summed E-state index contributed by atoms with van der Waals surface area (Å²) in [6.07, 6.45) is 3.70. The fourth-order valence-electron chi connectivity index (χ4n) is 3.91. The van der Waals surface area contributed by atoms with Crippen molar-refractivity contribution < 1.29 is 14.0 Å². The van der Waals surface area contributed by atoms with Gasteiger partial charge in [0.1, 0.15) is 5.82 Å². The van der Waals surface area contributed by atoms with Crippen LogP contribution in [0.2, 0.25) is 0 Å². The minimum atomic E-state index is -0.373. The van der Waals surface area contributed by atoms with E-state index in [0.29, 0.717) is 30.9 Å². The van der Waals surface area contributed by atoms with Crippen LogP contribution >= 0.6 is 0 Å². The average Bonchev–Trinajstić information content (AvgIpc) is 3.10. The number of nitrogens with zero attached hydrogens (tertiary/aromatic N) is 5. The first-order chi connectivity index (χ1) is 13.0. The van der Waals surface area contributed by atoms with Gasteiger partial charge in [-0.2, -0.15) is 10.2 Å². The number of likely N-dealkylation sites (tertiary alicyclic amines) is 1. The number of benzene rings is 1. The van der Waals surface area contributed by atoms with Crippen LogP contribution in [0.15, 0.2) is 42.7 Å². The number of aromatic nitrogens is 2. The van der Waals surface area contributed by atoms with Gasteiger partial charge in [0, 0.05) is 25.3 Å². The summed E-state index contributed by atoms with van der Waals surface area (Å²) in [5.41, 5.74) is 0.699. The van der Waals surface area contributed by atoms with Crippen LogP contribution < -0.4 is 4.90 Å². The van der Waals surface area contributed by atoms with E-state index in [1.807, 2.05) is 11.9 Å². The molecule has 8 heteroatoms. The van der Waals surface area contributed by atoms with Crippen molar-refractivity contribution in [3.05, 3.63) is 54.1 Å². The zero-order chi connectivity index (χ0) is 19.0. The summed E-state index contributed by atoms with van der Waals surface area (Å²) in [6.45, 7) is 1.75. The van der Waals surface area contributed by atoms with E-state index in [0.717, 1.165) is 6.42 Å². The fourth-order valence-corrected chi connectivity index (χ4v) is 3.91. The number of piperazine rings is 1. The largest absolute Gasteiger partial charge is 0.337 e. The first-order valence-corrected chi connectivity index (χ1v) is 8.82. The molecule has 2 aliphatic rings. The van der Waals surface area contributed by atoms with Crippen LogP contribution in [0.5, 0.6) is 0 Å². The normalized spacial score (nSPS) is 23.3. The first kappa shape index (κ1) is 17.5. The summed E-state index contributed by atoms with van der Waals surface area (Å²) >= 11 is 0. The lowest BCUT2D eigenvalue weighted by Crippen LogP contribution is -2.64. The summed E-state index contributed by atoms with van der Waals surface area (Å²) in [6, 6.07) is 7.72. The molecule has 3 heterocycles. The Labute approximate surface area is 156 Å². The molecule has 2 aromatic rings. The molecule has 2 amide bonds. The van der Waals surface area contributed by atoms with Crippen molar-refractivity contribution >= 4 is 17.5 Å². The van der Waals surface area contributed by atoms with Crippen LogP contribution in [0.3, 0.4) is 0 Å². The monoisotopic (exact) mass is 369 g/mol. The zero-order valence-electron chi connectivity index (χ0n) is 15.0. The highest BCUT2D eigenvalue weighted by molar-refractivity contribution is 5.96. The second-order valence-electron chi connectivity index (χ2n) is 7.15. The predicted octanol–water partition coefficient (Wildman–Crippen LogP) is 1.18. The SMILES string of the molecule is CN1CC(=O)N(c2cccc(F)c2)CC12CCN(C(=O)c1ccnnc1)C2. The second-order valence-corrected chi connectivity index (χ2v) is 7.15. The summed E-state index contributed by atoms with van der Waals surface area (Å²) in [7, 11) is 1.91. The molecule has 7 nitrogen and oxygen atoms in total. The summed E-state index contributed by atoms with van der Waals surface area (Å²) in [5, 5.41) is 7.47. The molecule has 4 rings (SSSR count). The summed E-state index contributed by atoms with van der Waals surface area (Å²) in [5.74, 6) is -0.539. The van der Waals surface area contributed by atoms with Crippen molar-refractivity contribution in [3.63, 3.8) is 0 Å². The smallest absolute Gasteiger partial charge is 0.255 e. The van der Waals surface area contributed by atoms with Gasteiger partial charge in [-0.3, -0.25) is 14.5 Å². The van der Waals surface area contributed by atoms with Crippen molar-refractivity contribution in [2.24, 2.45) is 0 Å². The third kappa shape index (κ3) is 3.16. The lowest BCUT2D eigenvalue weighted by molar-refractivity contribution is -0.123. The van der Waals surface area contributed by atoms with E-state index in [9.17, 15) is 14.0 Å². The molecule has 2 saturated heterocycles. The zero-order valence-corrected chi connectivity index (χ0v) is 15.0. The molecule has 2 aliphatic heterocycles. The first-order valence-electron chi connectivity index (χ1n) is 8.82. The number of halogens is 1. The third-order valence-electron chi connectivity index (χ3n) is 5.51. The quantitative estimate of drug-likeness (QED) is 0.795. The van der Waals surface area contributed by atoms with E-state index in [1.54, 1.807) is 28.0 Å². The lowest BCUT2D eigenvalue weighted by Gasteiger charge is -2.46. The topological polar surface area (TPSA) is 69.6 Å². The van der Waals surface area contributed by atoms with Crippen LogP contribution in [-0.4, -0.2) is 70.6 Å². The fraction of sp³-hybridized carbons (Fsp3) is 0.368. The molecule has 0 radical (unpaired) electrons. The van der Waals surface area contributed by atoms with Gasteiger partial charge < -0.3 is 9.80 Å². The van der Waals surface area contributed by atoms with E-state index < -0.39 is 0 Å². The molecule has 27 heavy (non-hydrogen) atoms. The molecule has 140 valence electrons. The number of likely N-dealkylation sites (N-methyl/N-ethyl adjacent to an activating group) is 1. The Morgan fingerprint density at radius 3 is 2.81 bits per heavy atom. The molecule has 1 unspecified atom stereocenters. The van der Waals surface area contributed by atoms with E-state index in [-0.39, 0.29) is 29.7 Å². The van der Waals surface area contributed by atoms with Crippen LogP contribution in [0.25, 0.3) is 0 Å². The van der Waals surface area contributed by atoms with Crippen molar-refractivity contribution in [1.29, 1.82) is 0 Å². The Morgan fingerprint density at radius 2 is 2.07 bits per heavy atom. The maximum absolute atomic E-state index is 13.6. The summed E-state index contributed by atoms with van der Waals surface area (Å²) in [4.78, 5) is 30.7. The third-order valence-corrected chi connectivity index (χ3v) is 5.51. The molecule has 2 fully saturated rings. The maximum atomic E-state index is 13.6. The Kier molecular flexibility index (Phi) is 4.35. The van der Waals surface area contributed by atoms with Crippen LogP contribution in [0.4, 0.5) is 10.1 Å². The van der Waals surface area contributed by atoms with Crippen LogP contribution in [-0.2, 0) is 4.79 Å². The van der Waals surface area contributed by atoms with Gasteiger partial charge in [0.05, 0.1) is 30.0 Å². The standard InChI is InChI=1S/C19H20FN5O2/c1-23-11-17(26)25(16-4-2-3-15(20)9-16)13-19(23)6-8-24(12-19)18(27)14-5-7-21-22-10-14/h2-5,7,9-10H,6,8,11-13H2,1H3. The molecule has 1 aromatic carbocycles. The van der Waals surface area contributed by atoms with Crippen molar-refractivity contribution in [2.45, 2.75) is 12.0 Å². The number of hydrogen-bond donors (Lipinski definition) is 0. The summed E-state index contributed by atoms with van der Waals surface area (Å²) < 4.78 is 13.6. The van der Waals surface area contributed by atoms with Gasteiger partial charge >= 0.3 is 0 Å². The Morgan fingerprint density at radius 1 is 1.22 bits per heavy atom. The van der Waals surface area contributed by atoms with E-state index in [4.69, 9.17) is 0 Å². The molecule has 0 N–H and O–H groups in total. The maximum Gasteiger partial charge on any atom is 0.255 e. The highest BCUT2D eigenvalue weighted by Crippen LogP contribution is 2.34. The van der Waals surface area contributed by atoms with Gasteiger partial charge in [0.25, 0.3) is 5.91 Å².